The largest absolute Gasteiger partial charge is 0.493 e. The van der Waals surface area contributed by atoms with Crippen LogP contribution in [0, 0.1) is 0 Å². The minimum absolute atomic E-state index is 0.828. The van der Waals surface area contributed by atoms with Crippen molar-refractivity contribution in [1.82, 2.24) is 20.3 Å². The standard InChI is InChI=1S/C14H18N4O/c1-2-14-13(4-10-19-14)11-12(1)3-5-15-6-8-18-9-7-16-17-18/h1-2,7,9,11,15H,3-6,8,10H2. The Morgan fingerprint density at radius 3 is 3.21 bits per heavy atom. The van der Waals surface area contributed by atoms with Crippen LogP contribution in [0.5, 0.6) is 5.75 Å². The number of ether oxygens (including phenoxy) is 1. The average molecular weight is 258 g/mol. The molecule has 0 saturated carbocycles. The highest BCUT2D eigenvalue weighted by Crippen LogP contribution is 2.25. The first-order valence-electron chi connectivity index (χ1n) is 6.71. The lowest BCUT2D eigenvalue weighted by Crippen LogP contribution is -2.22. The molecule has 1 aromatic heterocycles. The van der Waals surface area contributed by atoms with Gasteiger partial charge in [0.1, 0.15) is 5.75 Å². The molecule has 0 radical (unpaired) electrons. The van der Waals surface area contributed by atoms with Crippen molar-refractivity contribution in [3.8, 4) is 5.75 Å². The molecule has 19 heavy (non-hydrogen) atoms. The van der Waals surface area contributed by atoms with Crippen LogP contribution in [-0.4, -0.2) is 34.7 Å². The lowest BCUT2D eigenvalue weighted by molar-refractivity contribution is 0.357. The molecule has 0 amide bonds. The molecule has 0 saturated heterocycles. The third kappa shape index (κ3) is 3.12. The van der Waals surface area contributed by atoms with Crippen LogP contribution in [0.2, 0.25) is 0 Å². The Morgan fingerprint density at radius 2 is 2.32 bits per heavy atom. The summed E-state index contributed by atoms with van der Waals surface area (Å²) < 4.78 is 7.34. The minimum Gasteiger partial charge on any atom is -0.493 e. The molecule has 0 fully saturated rings. The van der Waals surface area contributed by atoms with Gasteiger partial charge < -0.3 is 10.1 Å². The first-order valence-corrected chi connectivity index (χ1v) is 6.71. The van der Waals surface area contributed by atoms with Crippen LogP contribution in [0.25, 0.3) is 0 Å². The zero-order valence-electron chi connectivity index (χ0n) is 10.9. The Bertz CT molecular complexity index is 524. The van der Waals surface area contributed by atoms with E-state index in [0.29, 0.717) is 0 Å². The number of hydrogen-bond donors (Lipinski definition) is 1. The molecule has 0 spiro atoms. The van der Waals surface area contributed by atoms with Gasteiger partial charge in [0.15, 0.2) is 0 Å². The summed E-state index contributed by atoms with van der Waals surface area (Å²) in [6, 6.07) is 6.51. The fourth-order valence-electron chi connectivity index (χ4n) is 2.30. The van der Waals surface area contributed by atoms with E-state index in [1.54, 1.807) is 6.20 Å². The second-order valence-electron chi connectivity index (χ2n) is 4.71. The highest BCUT2D eigenvalue weighted by Gasteiger charge is 2.11. The Labute approximate surface area is 112 Å². The van der Waals surface area contributed by atoms with Gasteiger partial charge in [0, 0.05) is 19.2 Å². The average Bonchev–Trinajstić information content (AvgIpc) is 3.08. The maximum absolute atomic E-state index is 5.51. The fourth-order valence-corrected chi connectivity index (χ4v) is 2.30. The van der Waals surface area contributed by atoms with Crippen molar-refractivity contribution >= 4 is 0 Å². The van der Waals surface area contributed by atoms with Crippen LogP contribution in [0.1, 0.15) is 11.1 Å². The maximum Gasteiger partial charge on any atom is 0.122 e. The van der Waals surface area contributed by atoms with Gasteiger partial charge in [-0.2, -0.15) is 0 Å². The summed E-state index contributed by atoms with van der Waals surface area (Å²) in [6.45, 7) is 3.58. The van der Waals surface area contributed by atoms with Crippen LogP contribution in [0.15, 0.2) is 30.6 Å². The molecule has 5 heteroatoms. The van der Waals surface area contributed by atoms with Gasteiger partial charge in [-0.1, -0.05) is 17.3 Å². The predicted molar refractivity (Wildman–Crippen MR) is 72.2 cm³/mol. The fraction of sp³-hybridized carbons (Fsp3) is 0.429. The van der Waals surface area contributed by atoms with E-state index in [0.717, 1.165) is 44.8 Å². The van der Waals surface area contributed by atoms with E-state index in [1.165, 1.54) is 11.1 Å². The van der Waals surface area contributed by atoms with E-state index in [2.05, 4.69) is 33.8 Å². The number of benzene rings is 1. The van der Waals surface area contributed by atoms with Gasteiger partial charge >= 0.3 is 0 Å². The summed E-state index contributed by atoms with van der Waals surface area (Å²) in [5.74, 6) is 1.06. The topological polar surface area (TPSA) is 52.0 Å². The van der Waals surface area contributed by atoms with Crippen molar-refractivity contribution in [3.05, 3.63) is 41.7 Å². The molecule has 5 nitrogen and oxygen atoms in total. The number of aromatic nitrogens is 3. The number of hydrogen-bond acceptors (Lipinski definition) is 4. The Balaban J connectivity index is 1.40. The van der Waals surface area contributed by atoms with Crippen molar-refractivity contribution in [2.75, 3.05) is 19.7 Å². The zero-order chi connectivity index (χ0) is 12.9. The number of rotatable bonds is 6. The second-order valence-corrected chi connectivity index (χ2v) is 4.71. The van der Waals surface area contributed by atoms with Gasteiger partial charge in [0.25, 0.3) is 0 Å². The maximum atomic E-state index is 5.51. The van der Waals surface area contributed by atoms with E-state index in [9.17, 15) is 0 Å². The van der Waals surface area contributed by atoms with E-state index in [1.807, 2.05) is 10.9 Å². The Morgan fingerprint density at radius 1 is 1.32 bits per heavy atom. The second kappa shape index (κ2) is 5.84. The smallest absolute Gasteiger partial charge is 0.122 e. The molecule has 0 aliphatic carbocycles. The molecule has 1 aliphatic heterocycles. The van der Waals surface area contributed by atoms with E-state index < -0.39 is 0 Å². The molecule has 0 atom stereocenters. The zero-order valence-corrected chi connectivity index (χ0v) is 10.9. The summed E-state index contributed by atoms with van der Waals surface area (Å²) in [4.78, 5) is 0. The monoisotopic (exact) mass is 258 g/mol. The Kier molecular flexibility index (Phi) is 3.74. The van der Waals surface area contributed by atoms with E-state index in [-0.39, 0.29) is 0 Å². The molecule has 2 aromatic rings. The van der Waals surface area contributed by atoms with Crippen LogP contribution in [-0.2, 0) is 19.4 Å². The summed E-state index contributed by atoms with van der Waals surface area (Å²) >= 11 is 0. The Hall–Kier alpha value is -1.88. The number of fused-ring (bicyclic) bond motifs is 1. The summed E-state index contributed by atoms with van der Waals surface area (Å²) in [7, 11) is 0. The van der Waals surface area contributed by atoms with Gasteiger partial charge in [0.2, 0.25) is 0 Å². The van der Waals surface area contributed by atoms with Crippen molar-refractivity contribution < 1.29 is 4.74 Å². The van der Waals surface area contributed by atoms with Gasteiger partial charge in [-0.25, -0.2) is 0 Å². The minimum atomic E-state index is 0.828. The molecule has 100 valence electrons. The quantitative estimate of drug-likeness (QED) is 0.787. The molecular formula is C14H18N4O. The van der Waals surface area contributed by atoms with Gasteiger partial charge in [-0.3, -0.25) is 4.68 Å². The van der Waals surface area contributed by atoms with Gasteiger partial charge in [-0.15, -0.1) is 5.10 Å². The molecule has 1 aliphatic rings. The molecule has 0 bridgehead atoms. The summed E-state index contributed by atoms with van der Waals surface area (Å²) in [5.41, 5.74) is 2.72. The van der Waals surface area contributed by atoms with Crippen molar-refractivity contribution in [2.45, 2.75) is 19.4 Å². The highest BCUT2D eigenvalue weighted by molar-refractivity contribution is 5.39. The first-order chi connectivity index (χ1) is 9.42. The normalized spacial score (nSPS) is 13.3. The van der Waals surface area contributed by atoms with Crippen LogP contribution < -0.4 is 10.1 Å². The van der Waals surface area contributed by atoms with Crippen molar-refractivity contribution in [3.63, 3.8) is 0 Å². The summed E-state index contributed by atoms with van der Waals surface area (Å²) in [5, 5.41) is 11.1. The van der Waals surface area contributed by atoms with Crippen molar-refractivity contribution in [1.29, 1.82) is 0 Å². The van der Waals surface area contributed by atoms with E-state index >= 15 is 0 Å². The highest BCUT2D eigenvalue weighted by atomic mass is 16.5. The lowest BCUT2D eigenvalue weighted by Gasteiger charge is -2.06. The molecule has 1 N–H and O–H groups in total. The number of nitrogens with zero attached hydrogens (tertiary/aromatic N) is 3. The molecule has 3 rings (SSSR count). The van der Waals surface area contributed by atoms with Gasteiger partial charge in [0.05, 0.1) is 19.3 Å². The van der Waals surface area contributed by atoms with Crippen molar-refractivity contribution in [2.24, 2.45) is 0 Å². The summed E-state index contributed by atoms with van der Waals surface area (Å²) in [6.07, 6.45) is 5.67. The molecule has 2 heterocycles. The third-order valence-electron chi connectivity index (χ3n) is 3.33. The third-order valence-corrected chi connectivity index (χ3v) is 3.33. The molecule has 0 unspecified atom stereocenters. The molecule has 1 aromatic carbocycles. The SMILES string of the molecule is c1cn(CCNCCc2ccc3c(c2)CCO3)nn1. The van der Waals surface area contributed by atoms with Crippen LogP contribution in [0.4, 0.5) is 0 Å². The van der Waals surface area contributed by atoms with E-state index in [4.69, 9.17) is 4.74 Å². The lowest BCUT2D eigenvalue weighted by atomic mass is 10.1. The molecular weight excluding hydrogens is 240 g/mol. The number of nitrogens with one attached hydrogen (secondary N) is 1. The first kappa shape index (κ1) is 12.2. The van der Waals surface area contributed by atoms with Crippen LogP contribution >= 0.6 is 0 Å². The van der Waals surface area contributed by atoms with Gasteiger partial charge in [-0.05, 0) is 30.2 Å². The van der Waals surface area contributed by atoms with Crippen LogP contribution in [0.3, 0.4) is 0 Å². The predicted octanol–water partition coefficient (Wildman–Crippen LogP) is 1.05.